The third-order valence-electron chi connectivity index (χ3n) is 5.33. The summed E-state index contributed by atoms with van der Waals surface area (Å²) >= 11 is 0. The van der Waals surface area contributed by atoms with Gasteiger partial charge in [0.25, 0.3) is 0 Å². The van der Waals surface area contributed by atoms with Crippen molar-refractivity contribution in [3.05, 3.63) is 65.4 Å². The zero-order valence-electron chi connectivity index (χ0n) is 18.9. The number of rotatable bonds is 9. The van der Waals surface area contributed by atoms with Crippen molar-refractivity contribution in [3.63, 3.8) is 0 Å². The molecule has 0 saturated heterocycles. The van der Waals surface area contributed by atoms with Gasteiger partial charge in [-0.05, 0) is 47.9 Å². The average molecular weight is 502 g/mol. The van der Waals surface area contributed by atoms with Crippen LogP contribution >= 0.6 is 0 Å². The van der Waals surface area contributed by atoms with Crippen LogP contribution in [0.2, 0.25) is 0 Å². The fourth-order valence-corrected chi connectivity index (χ4v) is 3.56. The smallest absolute Gasteiger partial charge is 0.433 e. The van der Waals surface area contributed by atoms with E-state index in [9.17, 15) is 31.4 Å². The highest BCUT2D eigenvalue weighted by molar-refractivity contribution is 5.86. The van der Waals surface area contributed by atoms with Crippen LogP contribution in [0.3, 0.4) is 0 Å². The highest BCUT2D eigenvalue weighted by Gasteiger charge is 2.37. The molecular formula is C24H24F6N2O3. The van der Waals surface area contributed by atoms with Gasteiger partial charge in [0.2, 0.25) is 0 Å². The lowest BCUT2D eigenvalue weighted by Gasteiger charge is -2.20. The highest BCUT2D eigenvalue weighted by atomic mass is 19.4. The number of para-hydroxylation sites is 1. The number of nitrogens with zero attached hydrogens (tertiary/aromatic N) is 1. The van der Waals surface area contributed by atoms with E-state index in [0.29, 0.717) is 17.6 Å². The number of nitrogens with one attached hydrogen (secondary N) is 1. The van der Waals surface area contributed by atoms with Crippen LogP contribution in [-0.4, -0.2) is 43.0 Å². The molecule has 0 aliphatic rings. The lowest BCUT2D eigenvalue weighted by Crippen LogP contribution is -2.33. The lowest BCUT2D eigenvalue weighted by molar-refractivity contribution is -0.142. The summed E-state index contributed by atoms with van der Waals surface area (Å²) in [4.78, 5) is 3.30. The number of hydrogen-bond acceptors (Lipinski definition) is 5. The minimum Gasteiger partial charge on any atom is -0.497 e. The van der Waals surface area contributed by atoms with E-state index in [1.165, 1.54) is 13.2 Å². The number of benzene rings is 2. The van der Waals surface area contributed by atoms with Crippen LogP contribution in [0.5, 0.6) is 11.5 Å². The third-order valence-corrected chi connectivity index (χ3v) is 5.33. The van der Waals surface area contributed by atoms with Crippen LogP contribution in [0.4, 0.5) is 26.3 Å². The van der Waals surface area contributed by atoms with Gasteiger partial charge < -0.3 is 19.9 Å². The van der Waals surface area contributed by atoms with Gasteiger partial charge >= 0.3 is 12.4 Å². The molecule has 35 heavy (non-hydrogen) atoms. The monoisotopic (exact) mass is 502 g/mol. The molecule has 1 heterocycles. The quantitative estimate of drug-likeness (QED) is 0.383. The van der Waals surface area contributed by atoms with Gasteiger partial charge in [0, 0.05) is 18.5 Å². The normalized spacial score (nSPS) is 14.1. The number of ether oxygens (including phenoxy) is 2. The average Bonchev–Trinajstić information content (AvgIpc) is 2.80. The van der Waals surface area contributed by atoms with E-state index in [1.807, 2.05) is 0 Å². The molecule has 2 atom stereocenters. The lowest BCUT2D eigenvalue weighted by atomic mass is 9.94. The van der Waals surface area contributed by atoms with E-state index in [4.69, 9.17) is 9.47 Å². The largest absolute Gasteiger partial charge is 0.497 e. The Labute approximate surface area is 197 Å². The maximum atomic E-state index is 13.4. The molecule has 1 aromatic heterocycles. The van der Waals surface area contributed by atoms with Crippen molar-refractivity contribution in [2.24, 2.45) is 0 Å². The molecule has 0 fully saturated rings. The minimum absolute atomic E-state index is 0.00878. The van der Waals surface area contributed by atoms with Crippen molar-refractivity contribution < 1.29 is 40.9 Å². The molecule has 11 heteroatoms. The maximum Gasteiger partial charge on any atom is 0.433 e. The zero-order chi connectivity index (χ0) is 25.8. The van der Waals surface area contributed by atoms with Gasteiger partial charge in [-0.15, -0.1) is 0 Å². The molecule has 0 spiro atoms. The Morgan fingerprint density at radius 3 is 2.20 bits per heavy atom. The number of methoxy groups -OCH3 is 1. The second kappa shape index (κ2) is 10.7. The summed E-state index contributed by atoms with van der Waals surface area (Å²) < 4.78 is 91.0. The van der Waals surface area contributed by atoms with Crippen molar-refractivity contribution in [3.8, 4) is 11.5 Å². The highest BCUT2D eigenvalue weighted by Crippen LogP contribution is 2.39. The van der Waals surface area contributed by atoms with E-state index in [2.05, 4.69) is 10.3 Å². The molecule has 2 N–H and O–H groups in total. The molecule has 3 aromatic rings. The van der Waals surface area contributed by atoms with Crippen LogP contribution in [0, 0.1) is 0 Å². The molecule has 0 aliphatic carbocycles. The molecule has 0 bridgehead atoms. The van der Waals surface area contributed by atoms with Crippen LogP contribution in [-0.2, 0) is 12.4 Å². The standard InChI is InChI=1S/C24H24F6N2O3/c1-14(11-31-12-15(33)13-35-17-8-6-16(34-2)7-9-17)19-10-21(24(28,29)30)32-22-18(19)4-3-5-20(22)23(25,26)27/h3-10,14-15,31,33H,11-13H2,1-2H3. The van der Waals surface area contributed by atoms with Crippen LogP contribution in [0.1, 0.15) is 29.7 Å². The van der Waals surface area contributed by atoms with Crippen molar-refractivity contribution >= 4 is 10.9 Å². The van der Waals surface area contributed by atoms with Crippen LogP contribution in [0.15, 0.2) is 48.5 Å². The number of aliphatic hydroxyl groups is 1. The van der Waals surface area contributed by atoms with E-state index < -0.39 is 41.1 Å². The number of fused-ring (bicyclic) bond motifs is 1. The molecule has 190 valence electrons. The Morgan fingerprint density at radius 2 is 1.60 bits per heavy atom. The van der Waals surface area contributed by atoms with Gasteiger partial charge in [-0.1, -0.05) is 19.1 Å². The van der Waals surface area contributed by atoms with E-state index >= 15 is 0 Å². The van der Waals surface area contributed by atoms with Gasteiger partial charge in [0.15, 0.2) is 0 Å². The summed E-state index contributed by atoms with van der Waals surface area (Å²) in [5, 5.41) is 13.1. The first-order valence-corrected chi connectivity index (χ1v) is 10.6. The first-order valence-electron chi connectivity index (χ1n) is 10.6. The van der Waals surface area contributed by atoms with Gasteiger partial charge in [-0.25, -0.2) is 4.98 Å². The van der Waals surface area contributed by atoms with Crippen LogP contribution in [0.25, 0.3) is 10.9 Å². The minimum atomic E-state index is -4.91. The van der Waals surface area contributed by atoms with Gasteiger partial charge in [-0.3, -0.25) is 0 Å². The van der Waals surface area contributed by atoms with E-state index in [0.717, 1.165) is 12.1 Å². The third kappa shape index (κ3) is 6.76. The summed E-state index contributed by atoms with van der Waals surface area (Å²) in [6, 6.07) is 10.7. The fraction of sp³-hybridized carbons (Fsp3) is 0.375. The summed E-state index contributed by atoms with van der Waals surface area (Å²) in [5.41, 5.74) is -3.29. The second-order valence-corrected chi connectivity index (χ2v) is 7.99. The molecule has 0 aliphatic heterocycles. The molecule has 0 saturated carbocycles. The summed E-state index contributed by atoms with van der Waals surface area (Å²) in [7, 11) is 1.53. The van der Waals surface area contributed by atoms with Crippen molar-refractivity contribution in [1.29, 1.82) is 0 Å². The van der Waals surface area contributed by atoms with Gasteiger partial charge in [-0.2, -0.15) is 26.3 Å². The van der Waals surface area contributed by atoms with Crippen molar-refractivity contribution in [1.82, 2.24) is 10.3 Å². The summed E-state index contributed by atoms with van der Waals surface area (Å²) in [5.74, 6) is 0.551. The number of halogens is 6. The number of aliphatic hydroxyl groups excluding tert-OH is 1. The Hall–Kier alpha value is -3.05. The Balaban J connectivity index is 1.71. The molecule has 0 amide bonds. The summed E-state index contributed by atoms with van der Waals surface area (Å²) in [6.45, 7) is 1.71. The Bertz CT molecular complexity index is 1130. The molecular weight excluding hydrogens is 478 g/mol. The van der Waals surface area contributed by atoms with Crippen molar-refractivity contribution in [2.75, 3.05) is 26.8 Å². The first kappa shape index (κ1) is 26.6. The van der Waals surface area contributed by atoms with E-state index in [-0.39, 0.29) is 30.6 Å². The summed E-state index contributed by atoms with van der Waals surface area (Å²) in [6.07, 6.45) is -10.7. The van der Waals surface area contributed by atoms with Crippen LogP contribution < -0.4 is 14.8 Å². The second-order valence-electron chi connectivity index (χ2n) is 7.99. The molecule has 3 rings (SSSR count). The molecule has 0 radical (unpaired) electrons. The predicted molar refractivity (Wildman–Crippen MR) is 118 cm³/mol. The number of aromatic nitrogens is 1. The zero-order valence-corrected chi connectivity index (χ0v) is 18.9. The number of pyridine rings is 1. The molecule has 2 unspecified atom stereocenters. The first-order chi connectivity index (χ1) is 16.4. The van der Waals surface area contributed by atoms with Crippen molar-refractivity contribution in [2.45, 2.75) is 31.3 Å². The molecule has 5 nitrogen and oxygen atoms in total. The van der Waals surface area contributed by atoms with Gasteiger partial charge in [0.05, 0.1) is 18.2 Å². The maximum absolute atomic E-state index is 13.4. The SMILES string of the molecule is COc1ccc(OCC(O)CNCC(C)c2cc(C(F)(F)F)nc3c(C(F)(F)F)cccc23)cc1. The fourth-order valence-electron chi connectivity index (χ4n) is 3.56. The predicted octanol–water partition coefficient (Wildman–Crippen LogP) is 5.41. The van der Waals surface area contributed by atoms with E-state index in [1.54, 1.807) is 31.2 Å². The number of alkyl halides is 6. The Morgan fingerprint density at radius 1 is 0.943 bits per heavy atom. The topological polar surface area (TPSA) is 63.6 Å². The van der Waals surface area contributed by atoms with Gasteiger partial charge in [0.1, 0.15) is 29.9 Å². The number of hydrogen-bond donors (Lipinski definition) is 2. The Kier molecular flexibility index (Phi) is 8.11. The molecule has 2 aromatic carbocycles.